The maximum Gasteiger partial charge on any atom is 0.0249 e. The molecular formula is C7H14OS. The van der Waals surface area contributed by atoms with Crippen molar-refractivity contribution in [3.05, 3.63) is 0 Å². The number of hydrogen-bond acceptors (Lipinski definition) is 2. The summed E-state index contributed by atoms with van der Waals surface area (Å²) in [6.07, 6.45) is 5.33. The van der Waals surface area contributed by atoms with Gasteiger partial charge >= 0.3 is 0 Å². The van der Waals surface area contributed by atoms with Crippen molar-refractivity contribution in [1.82, 2.24) is 0 Å². The van der Waals surface area contributed by atoms with Gasteiger partial charge < -0.3 is 4.55 Å². The Kier molecular flexibility index (Phi) is 2.42. The molecule has 1 aliphatic carbocycles. The van der Waals surface area contributed by atoms with Crippen molar-refractivity contribution in [2.24, 2.45) is 5.41 Å². The molecule has 0 atom stereocenters. The summed E-state index contributed by atoms with van der Waals surface area (Å²) in [7, 11) is 0. The van der Waals surface area contributed by atoms with Crippen LogP contribution < -0.4 is 0 Å². The first-order valence-electron chi connectivity index (χ1n) is 3.53. The molecule has 1 rings (SSSR count). The predicted molar refractivity (Wildman–Crippen MR) is 41.7 cm³/mol. The van der Waals surface area contributed by atoms with Crippen LogP contribution in [0.25, 0.3) is 0 Å². The average molecular weight is 146 g/mol. The van der Waals surface area contributed by atoms with E-state index in [1.165, 1.54) is 25.7 Å². The van der Waals surface area contributed by atoms with E-state index in [0.717, 1.165) is 17.8 Å². The molecule has 0 unspecified atom stereocenters. The Morgan fingerprint density at radius 1 is 1.44 bits per heavy atom. The second-order valence-corrected chi connectivity index (χ2v) is 3.84. The quantitative estimate of drug-likeness (QED) is 0.604. The summed E-state index contributed by atoms with van der Waals surface area (Å²) < 4.78 is 8.61. The zero-order chi connectivity index (χ0) is 6.74. The van der Waals surface area contributed by atoms with Gasteiger partial charge in [-0.05, 0) is 30.3 Å². The van der Waals surface area contributed by atoms with E-state index in [9.17, 15) is 0 Å². The second kappa shape index (κ2) is 2.93. The maximum atomic E-state index is 8.61. The minimum atomic E-state index is 0.458. The first kappa shape index (κ1) is 7.42. The molecule has 0 radical (unpaired) electrons. The van der Waals surface area contributed by atoms with Gasteiger partial charge in [0.15, 0.2) is 0 Å². The molecule has 0 aromatic rings. The van der Waals surface area contributed by atoms with Gasteiger partial charge in [-0.3, -0.25) is 0 Å². The van der Waals surface area contributed by atoms with E-state index in [0.29, 0.717) is 5.41 Å². The Morgan fingerprint density at radius 3 is 2.44 bits per heavy atom. The van der Waals surface area contributed by atoms with Gasteiger partial charge in [-0.2, -0.15) is 0 Å². The minimum Gasteiger partial charge on any atom is -0.330 e. The number of rotatable bonds is 2. The fourth-order valence-electron chi connectivity index (χ4n) is 1.53. The molecule has 0 spiro atoms. The maximum absolute atomic E-state index is 8.61. The molecule has 1 N–H and O–H groups in total. The summed E-state index contributed by atoms with van der Waals surface area (Å²) in [5.41, 5.74) is 0.458. The van der Waals surface area contributed by atoms with Crippen molar-refractivity contribution in [2.45, 2.75) is 32.6 Å². The van der Waals surface area contributed by atoms with Crippen molar-refractivity contribution in [1.29, 1.82) is 0 Å². The van der Waals surface area contributed by atoms with Gasteiger partial charge in [0.1, 0.15) is 0 Å². The lowest BCUT2D eigenvalue weighted by Gasteiger charge is -2.20. The lowest BCUT2D eigenvalue weighted by atomic mass is 9.92. The normalized spacial score (nSPS) is 24.7. The van der Waals surface area contributed by atoms with E-state index in [-0.39, 0.29) is 0 Å². The molecule has 0 bridgehead atoms. The van der Waals surface area contributed by atoms with Gasteiger partial charge in [-0.25, -0.2) is 0 Å². The molecule has 0 heterocycles. The summed E-state index contributed by atoms with van der Waals surface area (Å²) >= 11 is 0.998. The van der Waals surface area contributed by atoms with Crippen molar-refractivity contribution < 1.29 is 4.55 Å². The Balaban J connectivity index is 2.32. The third-order valence-corrected chi connectivity index (χ3v) is 3.05. The van der Waals surface area contributed by atoms with Crippen LogP contribution in [0.1, 0.15) is 32.6 Å². The van der Waals surface area contributed by atoms with Crippen LogP contribution in [-0.4, -0.2) is 10.3 Å². The van der Waals surface area contributed by atoms with Gasteiger partial charge in [-0.1, -0.05) is 19.8 Å². The van der Waals surface area contributed by atoms with E-state index in [4.69, 9.17) is 4.55 Å². The number of hydrogen-bond donors (Lipinski definition) is 1. The first-order valence-corrected chi connectivity index (χ1v) is 4.47. The third kappa shape index (κ3) is 1.87. The van der Waals surface area contributed by atoms with Gasteiger partial charge in [-0.15, -0.1) is 0 Å². The molecule has 9 heavy (non-hydrogen) atoms. The van der Waals surface area contributed by atoms with Crippen LogP contribution in [0.5, 0.6) is 0 Å². The lowest BCUT2D eigenvalue weighted by molar-refractivity contribution is 0.387. The minimum absolute atomic E-state index is 0.458. The predicted octanol–water partition coefficient (Wildman–Crippen LogP) is 2.77. The van der Waals surface area contributed by atoms with Gasteiger partial charge in [0, 0.05) is 5.75 Å². The summed E-state index contributed by atoms with van der Waals surface area (Å²) in [4.78, 5) is 0. The van der Waals surface area contributed by atoms with Crippen LogP contribution in [0.15, 0.2) is 0 Å². The van der Waals surface area contributed by atoms with Crippen LogP contribution in [0.2, 0.25) is 0 Å². The largest absolute Gasteiger partial charge is 0.330 e. The summed E-state index contributed by atoms with van der Waals surface area (Å²) in [6.45, 7) is 2.27. The molecule has 1 saturated carbocycles. The molecule has 0 aliphatic heterocycles. The second-order valence-electron chi connectivity index (χ2n) is 3.29. The molecule has 1 nitrogen and oxygen atoms in total. The van der Waals surface area contributed by atoms with Crippen LogP contribution in [0, 0.1) is 5.41 Å². The van der Waals surface area contributed by atoms with E-state index in [1.807, 2.05) is 0 Å². The van der Waals surface area contributed by atoms with Crippen LogP contribution in [-0.2, 0) is 0 Å². The molecule has 0 aromatic heterocycles. The highest BCUT2D eigenvalue weighted by atomic mass is 32.2. The SMILES string of the molecule is CC1(CSO)CCCC1. The van der Waals surface area contributed by atoms with Gasteiger partial charge in [0.05, 0.1) is 0 Å². The third-order valence-electron chi connectivity index (χ3n) is 2.22. The molecule has 0 amide bonds. The Morgan fingerprint density at radius 2 is 2.00 bits per heavy atom. The highest BCUT2D eigenvalue weighted by Crippen LogP contribution is 2.39. The highest BCUT2D eigenvalue weighted by Gasteiger charge is 2.27. The monoisotopic (exact) mass is 146 g/mol. The molecule has 1 fully saturated rings. The molecule has 0 aromatic carbocycles. The molecule has 54 valence electrons. The zero-order valence-corrected chi connectivity index (χ0v) is 6.71. The molecule has 2 heteroatoms. The van der Waals surface area contributed by atoms with Gasteiger partial charge in [0.2, 0.25) is 0 Å². The first-order chi connectivity index (χ1) is 4.27. The van der Waals surface area contributed by atoms with Crippen molar-refractivity contribution in [2.75, 3.05) is 5.75 Å². The fourth-order valence-corrected chi connectivity index (χ4v) is 2.13. The van der Waals surface area contributed by atoms with E-state index in [1.54, 1.807) is 0 Å². The van der Waals surface area contributed by atoms with Crippen LogP contribution in [0.4, 0.5) is 0 Å². The Hall–Kier alpha value is 0.310. The summed E-state index contributed by atoms with van der Waals surface area (Å²) in [5.74, 6) is 0.924. The summed E-state index contributed by atoms with van der Waals surface area (Å²) in [5, 5.41) is 0. The lowest BCUT2D eigenvalue weighted by Crippen LogP contribution is -2.13. The van der Waals surface area contributed by atoms with Gasteiger partial charge in [0.25, 0.3) is 0 Å². The van der Waals surface area contributed by atoms with Crippen molar-refractivity contribution >= 4 is 12.0 Å². The van der Waals surface area contributed by atoms with E-state index >= 15 is 0 Å². The van der Waals surface area contributed by atoms with Crippen LogP contribution in [0.3, 0.4) is 0 Å². The Bertz CT molecular complexity index is 86.9. The smallest absolute Gasteiger partial charge is 0.0249 e. The van der Waals surface area contributed by atoms with Crippen LogP contribution >= 0.6 is 12.0 Å². The van der Waals surface area contributed by atoms with E-state index < -0.39 is 0 Å². The van der Waals surface area contributed by atoms with Crippen molar-refractivity contribution in [3.8, 4) is 0 Å². The topological polar surface area (TPSA) is 20.2 Å². The molecular weight excluding hydrogens is 132 g/mol. The fraction of sp³-hybridized carbons (Fsp3) is 1.00. The molecule has 0 saturated heterocycles. The summed E-state index contributed by atoms with van der Waals surface area (Å²) in [6, 6.07) is 0. The Labute approximate surface area is 61.0 Å². The van der Waals surface area contributed by atoms with Crippen molar-refractivity contribution in [3.63, 3.8) is 0 Å². The standard InChI is InChI=1S/C7H14OS/c1-7(6-9-8)4-2-3-5-7/h8H,2-6H2,1H3. The average Bonchev–Trinajstić information content (AvgIpc) is 2.16. The zero-order valence-electron chi connectivity index (χ0n) is 5.89. The molecule has 1 aliphatic rings. The highest BCUT2D eigenvalue weighted by molar-refractivity contribution is 7.93. The van der Waals surface area contributed by atoms with E-state index in [2.05, 4.69) is 6.92 Å².